The summed E-state index contributed by atoms with van der Waals surface area (Å²) in [4.78, 5) is 10.8. The minimum atomic E-state index is -0.878. The quantitative estimate of drug-likeness (QED) is 0.680. The van der Waals surface area contributed by atoms with Crippen LogP contribution in [0.1, 0.15) is 10.4 Å². The van der Waals surface area contributed by atoms with E-state index in [1.54, 1.807) is 12.1 Å². The molecule has 66 valence electrons. The van der Waals surface area contributed by atoms with Crippen LogP contribution in [0.2, 0.25) is 0 Å². The van der Waals surface area contributed by atoms with Crippen molar-refractivity contribution < 1.29 is 9.90 Å². The molecule has 2 nitrogen and oxygen atoms in total. The zero-order valence-electron chi connectivity index (χ0n) is 6.90. The Morgan fingerprint density at radius 1 is 1.00 bits per heavy atom. The molecule has 0 radical (unpaired) electrons. The number of benzene rings is 2. The molecule has 0 aliphatic carbocycles. The maximum atomic E-state index is 10.8. The van der Waals surface area contributed by atoms with E-state index in [0.717, 1.165) is 10.8 Å². The van der Waals surface area contributed by atoms with Crippen LogP contribution in [0, 0.1) is 0 Å². The normalized spacial score (nSPS) is 9.43. The van der Waals surface area contributed by atoms with Crippen LogP contribution >= 0.6 is 0 Å². The summed E-state index contributed by atoms with van der Waals surface area (Å²) >= 11 is 0. The van der Waals surface area contributed by atoms with Gasteiger partial charge in [0.1, 0.15) is 0 Å². The third kappa shape index (κ3) is 1.82. The van der Waals surface area contributed by atoms with Crippen LogP contribution in [0.3, 0.4) is 0 Å². The number of carboxylic acid groups (broad SMARTS) is 1. The summed E-state index contributed by atoms with van der Waals surface area (Å²) in [6.07, 6.45) is 0. The Kier molecular flexibility index (Phi) is 3.35. The van der Waals surface area contributed by atoms with E-state index in [-0.39, 0.29) is 18.9 Å². The molecular weight excluding hydrogens is 171 g/mol. The number of aromatic carboxylic acids is 1. The average molecular weight is 180 g/mol. The van der Waals surface area contributed by atoms with E-state index >= 15 is 0 Å². The molecule has 14 heavy (non-hydrogen) atoms. The Hall–Kier alpha value is -1.23. The second kappa shape index (κ2) is 4.32. The van der Waals surface area contributed by atoms with E-state index in [1.165, 1.54) is 0 Å². The Bertz CT molecular complexity index is 460. The SMILES string of the molecule is O=C(O)c1cccc2ccccc12.[LiH]. The van der Waals surface area contributed by atoms with Gasteiger partial charge in [0, 0.05) is 0 Å². The Morgan fingerprint density at radius 3 is 2.36 bits per heavy atom. The molecule has 0 spiro atoms. The van der Waals surface area contributed by atoms with Crippen molar-refractivity contribution in [2.45, 2.75) is 0 Å². The van der Waals surface area contributed by atoms with E-state index in [2.05, 4.69) is 0 Å². The second-order valence-corrected chi connectivity index (χ2v) is 2.83. The van der Waals surface area contributed by atoms with Gasteiger partial charge in [0.05, 0.1) is 5.56 Å². The van der Waals surface area contributed by atoms with Gasteiger partial charge >= 0.3 is 24.8 Å². The zero-order valence-corrected chi connectivity index (χ0v) is 6.90. The first-order valence-corrected chi connectivity index (χ1v) is 4.00. The summed E-state index contributed by atoms with van der Waals surface area (Å²) in [6, 6.07) is 12.7. The zero-order chi connectivity index (χ0) is 9.26. The predicted molar refractivity (Wildman–Crippen MR) is 58.1 cm³/mol. The molecule has 0 saturated carbocycles. The summed E-state index contributed by atoms with van der Waals surface area (Å²) in [5.41, 5.74) is 0.359. The van der Waals surface area contributed by atoms with Crippen LogP contribution in [0.15, 0.2) is 42.5 Å². The molecule has 0 amide bonds. The van der Waals surface area contributed by atoms with Crippen LogP contribution in [-0.2, 0) is 0 Å². The van der Waals surface area contributed by atoms with E-state index in [9.17, 15) is 4.79 Å². The van der Waals surface area contributed by atoms with Crippen LogP contribution in [0.25, 0.3) is 10.8 Å². The molecule has 0 unspecified atom stereocenters. The van der Waals surface area contributed by atoms with Crippen molar-refractivity contribution in [1.82, 2.24) is 0 Å². The van der Waals surface area contributed by atoms with Gasteiger partial charge in [-0.15, -0.1) is 0 Å². The van der Waals surface area contributed by atoms with E-state index in [0.29, 0.717) is 5.56 Å². The average Bonchev–Trinajstić information content (AvgIpc) is 2.17. The molecule has 2 rings (SSSR count). The van der Waals surface area contributed by atoms with Gasteiger partial charge in [0.15, 0.2) is 0 Å². The number of carbonyl (C=O) groups is 1. The van der Waals surface area contributed by atoms with Crippen LogP contribution in [-0.4, -0.2) is 29.9 Å². The third-order valence-corrected chi connectivity index (χ3v) is 2.02. The molecule has 0 bridgehead atoms. The van der Waals surface area contributed by atoms with Gasteiger partial charge in [0.2, 0.25) is 0 Å². The van der Waals surface area contributed by atoms with Crippen molar-refractivity contribution in [3.8, 4) is 0 Å². The van der Waals surface area contributed by atoms with Crippen LogP contribution in [0.5, 0.6) is 0 Å². The minimum absolute atomic E-state index is 0. The molecule has 0 heterocycles. The van der Waals surface area contributed by atoms with Crippen molar-refractivity contribution in [2.24, 2.45) is 0 Å². The molecule has 0 fully saturated rings. The van der Waals surface area contributed by atoms with E-state index in [1.807, 2.05) is 30.3 Å². The topological polar surface area (TPSA) is 37.3 Å². The first kappa shape index (κ1) is 10.8. The monoisotopic (exact) mass is 180 g/mol. The van der Waals surface area contributed by atoms with Gasteiger partial charge in [0.25, 0.3) is 0 Å². The number of hydrogen-bond acceptors (Lipinski definition) is 1. The molecule has 0 aliphatic heterocycles. The Labute approximate surface area is 93.7 Å². The van der Waals surface area contributed by atoms with Gasteiger partial charge in [-0.2, -0.15) is 0 Å². The van der Waals surface area contributed by atoms with Crippen LogP contribution < -0.4 is 0 Å². The predicted octanol–water partition coefficient (Wildman–Crippen LogP) is 1.89. The molecule has 0 saturated heterocycles. The van der Waals surface area contributed by atoms with Crippen molar-refractivity contribution >= 4 is 35.6 Å². The van der Waals surface area contributed by atoms with Crippen molar-refractivity contribution in [3.63, 3.8) is 0 Å². The van der Waals surface area contributed by atoms with Gasteiger partial charge in [-0.3, -0.25) is 0 Å². The molecule has 2 aromatic carbocycles. The maximum absolute atomic E-state index is 10.8. The number of rotatable bonds is 1. The molecule has 1 N–H and O–H groups in total. The van der Waals surface area contributed by atoms with E-state index in [4.69, 9.17) is 5.11 Å². The fraction of sp³-hybridized carbons (Fsp3) is 0. The van der Waals surface area contributed by atoms with Crippen LogP contribution in [0.4, 0.5) is 0 Å². The molecule has 0 aromatic heterocycles. The molecular formula is C11H9LiO2. The number of fused-ring (bicyclic) bond motifs is 1. The fourth-order valence-corrected chi connectivity index (χ4v) is 1.41. The van der Waals surface area contributed by atoms with Gasteiger partial charge < -0.3 is 5.11 Å². The summed E-state index contributed by atoms with van der Waals surface area (Å²) in [5, 5.41) is 10.6. The van der Waals surface area contributed by atoms with Gasteiger partial charge in [-0.1, -0.05) is 36.4 Å². The van der Waals surface area contributed by atoms with Gasteiger partial charge in [-0.25, -0.2) is 4.79 Å². The molecule has 0 atom stereocenters. The number of hydrogen-bond donors (Lipinski definition) is 1. The molecule has 3 heteroatoms. The summed E-state index contributed by atoms with van der Waals surface area (Å²) in [5.74, 6) is -0.878. The summed E-state index contributed by atoms with van der Waals surface area (Å²) in [6.45, 7) is 0. The molecule has 0 aliphatic rings. The fourth-order valence-electron chi connectivity index (χ4n) is 1.41. The first-order chi connectivity index (χ1) is 6.29. The summed E-state index contributed by atoms with van der Waals surface area (Å²) in [7, 11) is 0. The Morgan fingerprint density at radius 2 is 1.64 bits per heavy atom. The second-order valence-electron chi connectivity index (χ2n) is 2.83. The summed E-state index contributed by atoms with van der Waals surface area (Å²) < 4.78 is 0. The third-order valence-electron chi connectivity index (χ3n) is 2.02. The van der Waals surface area contributed by atoms with E-state index < -0.39 is 5.97 Å². The van der Waals surface area contributed by atoms with Crippen molar-refractivity contribution in [3.05, 3.63) is 48.0 Å². The number of carboxylic acids is 1. The first-order valence-electron chi connectivity index (χ1n) is 4.00. The molecule has 2 aromatic rings. The van der Waals surface area contributed by atoms with Crippen molar-refractivity contribution in [2.75, 3.05) is 0 Å². The Balaban J connectivity index is 0.000000980. The standard InChI is InChI=1S/C11H8O2.Li.H/c12-11(13)10-7-3-5-8-4-1-2-6-9(8)10;;/h1-7H,(H,12,13);;. The van der Waals surface area contributed by atoms with Crippen molar-refractivity contribution in [1.29, 1.82) is 0 Å². The van der Waals surface area contributed by atoms with Gasteiger partial charge in [-0.05, 0) is 16.8 Å².